The fourth-order valence-corrected chi connectivity index (χ4v) is 3.09. The number of amides is 2. The number of benzene rings is 2. The number of amidine groups is 1. The summed E-state index contributed by atoms with van der Waals surface area (Å²) in [5.41, 5.74) is -2.17. The van der Waals surface area contributed by atoms with Crippen LogP contribution in [-0.2, 0) is 14.4 Å². The number of nitrogens with one attached hydrogen (secondary N) is 3. The molecule has 0 fully saturated rings. The zero-order valence-electron chi connectivity index (χ0n) is 19.0. The minimum atomic E-state index is -1.41. The van der Waals surface area contributed by atoms with Crippen molar-refractivity contribution in [3.8, 4) is 0 Å². The van der Waals surface area contributed by atoms with Crippen LogP contribution in [0.2, 0.25) is 0 Å². The number of carbonyl (C=O) groups is 2. The molecule has 2 rings (SSSR count). The Morgan fingerprint density at radius 3 is 2.49 bits per heavy atom. The highest BCUT2D eigenvalue weighted by molar-refractivity contribution is 14.1. The van der Waals surface area contributed by atoms with Crippen LogP contribution in [0.3, 0.4) is 0 Å². The molecule has 13 heteroatoms. The van der Waals surface area contributed by atoms with E-state index in [1.54, 1.807) is 13.8 Å². The van der Waals surface area contributed by atoms with E-state index in [2.05, 4.69) is 21.1 Å². The van der Waals surface area contributed by atoms with Gasteiger partial charge in [-0.25, -0.2) is 13.2 Å². The summed E-state index contributed by atoms with van der Waals surface area (Å²) >= 11 is 1.88. The number of carbonyl (C=O) groups excluding carboxylic acids is 2. The maximum Gasteiger partial charge on any atom is 0.331 e. The molecule has 0 aliphatic carbocycles. The molecule has 0 saturated heterocycles. The lowest BCUT2D eigenvalue weighted by Gasteiger charge is -2.20. The van der Waals surface area contributed by atoms with Crippen molar-refractivity contribution in [2.45, 2.75) is 13.8 Å². The van der Waals surface area contributed by atoms with Crippen molar-refractivity contribution in [2.75, 3.05) is 32.2 Å². The van der Waals surface area contributed by atoms with Gasteiger partial charge in [-0.2, -0.15) is 0 Å². The van der Waals surface area contributed by atoms with Crippen LogP contribution in [0.1, 0.15) is 24.2 Å². The van der Waals surface area contributed by atoms with Crippen molar-refractivity contribution in [1.82, 2.24) is 10.6 Å². The summed E-state index contributed by atoms with van der Waals surface area (Å²) in [6.45, 7) is 2.29. The Hall–Kier alpha value is -3.07. The number of hydrogen-bond acceptors (Lipinski definition) is 7. The highest BCUT2D eigenvalue weighted by atomic mass is 127. The smallest absolute Gasteiger partial charge is 0.331 e. The molecular formula is C22H24F3IN4O5. The number of hydrogen-bond donors (Lipinski definition) is 4. The predicted molar refractivity (Wildman–Crippen MR) is 130 cm³/mol. The second kappa shape index (κ2) is 12.6. The van der Waals surface area contributed by atoms with Gasteiger partial charge in [-0.1, -0.05) is 0 Å². The van der Waals surface area contributed by atoms with Crippen molar-refractivity contribution in [2.24, 2.45) is 10.6 Å². The number of halogens is 4. The van der Waals surface area contributed by atoms with Crippen LogP contribution >= 0.6 is 22.6 Å². The molecule has 35 heavy (non-hydrogen) atoms. The Balaban J connectivity index is 2.30. The minimum Gasteiger partial charge on any atom is -0.460 e. The number of rotatable bonds is 9. The molecule has 0 bridgehead atoms. The fraction of sp³-hybridized carbons (Fsp3) is 0.318. The van der Waals surface area contributed by atoms with E-state index in [4.69, 9.17) is 14.7 Å². The summed E-state index contributed by atoms with van der Waals surface area (Å²) in [6.07, 6.45) is 0. The molecule has 0 spiro atoms. The molecule has 0 aromatic heterocycles. The molecule has 0 heterocycles. The van der Waals surface area contributed by atoms with Gasteiger partial charge in [0.25, 0.3) is 5.91 Å². The van der Waals surface area contributed by atoms with Crippen molar-refractivity contribution in [1.29, 1.82) is 0 Å². The van der Waals surface area contributed by atoms with Crippen LogP contribution < -0.4 is 16.0 Å². The van der Waals surface area contributed by atoms with E-state index in [0.29, 0.717) is 3.57 Å². The fourth-order valence-electron chi connectivity index (χ4n) is 2.64. The van der Waals surface area contributed by atoms with Crippen LogP contribution in [0.15, 0.2) is 35.5 Å². The summed E-state index contributed by atoms with van der Waals surface area (Å²) in [4.78, 5) is 29.8. The zero-order chi connectivity index (χ0) is 26.2. The summed E-state index contributed by atoms with van der Waals surface area (Å²) in [6, 6.07) is 5.22. The molecule has 0 radical (unpaired) electrons. The third-order valence-electron chi connectivity index (χ3n) is 4.50. The third kappa shape index (κ3) is 7.71. The van der Waals surface area contributed by atoms with Gasteiger partial charge in [0.05, 0.1) is 29.0 Å². The zero-order valence-corrected chi connectivity index (χ0v) is 21.2. The maximum absolute atomic E-state index is 14.6. The number of aliphatic hydroxyl groups excluding tert-OH is 1. The molecule has 4 N–H and O–H groups in total. The van der Waals surface area contributed by atoms with E-state index in [1.807, 2.05) is 22.6 Å². The molecular weight excluding hydrogens is 584 g/mol. The van der Waals surface area contributed by atoms with Crippen LogP contribution in [-0.4, -0.2) is 49.8 Å². The molecule has 0 atom stereocenters. The third-order valence-corrected chi connectivity index (χ3v) is 5.17. The highest BCUT2D eigenvalue weighted by Gasteiger charge is 2.28. The van der Waals surface area contributed by atoms with Gasteiger partial charge in [-0.15, -0.1) is 0 Å². The van der Waals surface area contributed by atoms with Crippen LogP contribution in [0.25, 0.3) is 0 Å². The normalized spacial score (nSPS) is 11.6. The molecule has 0 aliphatic rings. The average molecular weight is 608 g/mol. The van der Waals surface area contributed by atoms with Crippen LogP contribution in [0, 0.1) is 26.4 Å². The van der Waals surface area contributed by atoms with Crippen molar-refractivity contribution in [3.05, 3.63) is 56.9 Å². The Bertz CT molecular complexity index is 1110. The van der Waals surface area contributed by atoms with E-state index in [9.17, 15) is 22.8 Å². The van der Waals surface area contributed by atoms with Gasteiger partial charge in [0.15, 0.2) is 11.6 Å². The molecule has 190 valence electrons. The maximum atomic E-state index is 14.6. The lowest BCUT2D eigenvalue weighted by molar-refractivity contribution is -0.132. The molecule has 2 amide bonds. The summed E-state index contributed by atoms with van der Waals surface area (Å²) in [5, 5.41) is 19.8. The van der Waals surface area contributed by atoms with Gasteiger partial charge in [0.1, 0.15) is 19.0 Å². The quantitative estimate of drug-likeness (QED) is 0.150. The number of oxime groups is 1. The molecule has 0 aliphatic heterocycles. The summed E-state index contributed by atoms with van der Waals surface area (Å²) in [5.74, 6) is -4.74. The molecule has 2 aromatic rings. The first-order valence-electron chi connectivity index (χ1n) is 10.2. The summed E-state index contributed by atoms with van der Waals surface area (Å²) < 4.78 is 48.5. The lowest BCUT2D eigenvalue weighted by atomic mass is 9.94. The van der Waals surface area contributed by atoms with Crippen molar-refractivity contribution < 1.29 is 37.4 Å². The summed E-state index contributed by atoms with van der Waals surface area (Å²) in [7, 11) is 1.46. The number of anilines is 2. The molecule has 2 aromatic carbocycles. The van der Waals surface area contributed by atoms with Gasteiger partial charge in [-0.05, 0) is 71.9 Å². The SMILES string of the molecule is CNC(=O)C(C)(C)CON=C(NC(=O)c1ccc(F)c(F)c1Nc1ccc(I)cc1F)OCCO. The van der Waals surface area contributed by atoms with E-state index >= 15 is 0 Å². The van der Waals surface area contributed by atoms with Gasteiger partial charge in [0.2, 0.25) is 5.91 Å². The Kier molecular flexibility index (Phi) is 10.1. The van der Waals surface area contributed by atoms with E-state index < -0.39 is 52.7 Å². The van der Waals surface area contributed by atoms with E-state index in [0.717, 1.165) is 12.1 Å². The first kappa shape index (κ1) is 28.2. The van der Waals surface area contributed by atoms with Crippen molar-refractivity contribution >= 4 is 51.8 Å². The largest absolute Gasteiger partial charge is 0.460 e. The Morgan fingerprint density at radius 2 is 1.86 bits per heavy atom. The predicted octanol–water partition coefficient (Wildman–Crippen LogP) is 3.25. The van der Waals surface area contributed by atoms with Gasteiger partial charge >= 0.3 is 6.02 Å². The van der Waals surface area contributed by atoms with Gasteiger partial charge in [0, 0.05) is 10.6 Å². The second-order valence-corrected chi connectivity index (χ2v) is 8.94. The molecule has 0 unspecified atom stereocenters. The lowest BCUT2D eigenvalue weighted by Crippen LogP contribution is -2.38. The Morgan fingerprint density at radius 1 is 1.14 bits per heavy atom. The van der Waals surface area contributed by atoms with E-state index in [-0.39, 0.29) is 24.8 Å². The highest BCUT2D eigenvalue weighted by Crippen LogP contribution is 2.28. The number of nitrogens with zero attached hydrogens (tertiary/aromatic N) is 1. The van der Waals surface area contributed by atoms with Gasteiger partial charge < -0.3 is 25.3 Å². The van der Waals surface area contributed by atoms with Crippen LogP contribution in [0.4, 0.5) is 24.5 Å². The topological polar surface area (TPSA) is 121 Å². The van der Waals surface area contributed by atoms with E-state index in [1.165, 1.54) is 25.2 Å². The standard InChI is InChI=1S/C22H24F3IN4O5/c1-22(2,20(33)27-3)11-35-30-21(34-9-8-31)29-19(32)13-5-6-14(23)17(25)18(13)28-16-7-4-12(26)10-15(16)24/h4-7,10,28,31H,8-9,11H2,1-3H3,(H,27,33)(H,29,30,32). The van der Waals surface area contributed by atoms with Crippen LogP contribution in [0.5, 0.6) is 0 Å². The van der Waals surface area contributed by atoms with Gasteiger partial charge in [-0.3, -0.25) is 14.9 Å². The Labute approximate surface area is 213 Å². The molecule has 9 nitrogen and oxygen atoms in total. The first-order valence-corrected chi connectivity index (χ1v) is 11.2. The number of aliphatic hydroxyl groups is 1. The minimum absolute atomic E-state index is 0.186. The number of ether oxygens (including phenoxy) is 1. The second-order valence-electron chi connectivity index (χ2n) is 7.69. The average Bonchev–Trinajstić information content (AvgIpc) is 2.81. The van der Waals surface area contributed by atoms with Crippen molar-refractivity contribution in [3.63, 3.8) is 0 Å². The first-order chi connectivity index (χ1) is 16.5. The molecule has 0 saturated carbocycles. The monoisotopic (exact) mass is 608 g/mol.